The van der Waals surface area contributed by atoms with Gasteiger partial charge in [0.25, 0.3) is 0 Å². The van der Waals surface area contributed by atoms with Crippen LogP contribution in [0.5, 0.6) is 0 Å². The van der Waals surface area contributed by atoms with Crippen molar-refractivity contribution < 1.29 is 9.59 Å². The third kappa shape index (κ3) is 4.11. The summed E-state index contributed by atoms with van der Waals surface area (Å²) >= 11 is 1.96. The molecule has 108 valence electrons. The standard InChI is InChI=1S/C13H23N3O2S/c1-9(5-7-17)14-6-3-2-4-11-12-10(8-19-11)15-13(18)16-12/h7,9-12,14H,2-6,8H2,1H3,(H2,15,16,18). The number of urea groups is 1. The number of rotatable bonds is 8. The molecule has 2 aliphatic rings. The van der Waals surface area contributed by atoms with Crippen LogP contribution < -0.4 is 16.0 Å². The lowest BCUT2D eigenvalue weighted by Crippen LogP contribution is -2.36. The Morgan fingerprint density at radius 1 is 1.47 bits per heavy atom. The van der Waals surface area contributed by atoms with Gasteiger partial charge in [-0.25, -0.2) is 4.79 Å². The number of hydrogen-bond acceptors (Lipinski definition) is 4. The lowest BCUT2D eigenvalue weighted by molar-refractivity contribution is -0.108. The summed E-state index contributed by atoms with van der Waals surface area (Å²) in [4.78, 5) is 21.6. The monoisotopic (exact) mass is 285 g/mol. The normalized spacial score (nSPS) is 30.6. The summed E-state index contributed by atoms with van der Waals surface area (Å²) in [6.45, 7) is 3.00. The second kappa shape index (κ2) is 7.14. The highest BCUT2D eigenvalue weighted by atomic mass is 32.2. The van der Waals surface area contributed by atoms with Gasteiger partial charge in [-0.15, -0.1) is 0 Å². The minimum Gasteiger partial charge on any atom is -0.332 e. The maximum absolute atomic E-state index is 11.2. The zero-order valence-corrected chi connectivity index (χ0v) is 12.2. The summed E-state index contributed by atoms with van der Waals surface area (Å²) in [7, 11) is 0. The fraction of sp³-hybridized carbons (Fsp3) is 0.846. The third-order valence-electron chi connectivity index (χ3n) is 3.80. The maximum atomic E-state index is 11.2. The van der Waals surface area contributed by atoms with Gasteiger partial charge >= 0.3 is 6.03 Å². The summed E-state index contributed by atoms with van der Waals surface area (Å²) in [5.41, 5.74) is 0. The van der Waals surface area contributed by atoms with Crippen LogP contribution in [0.4, 0.5) is 4.79 Å². The van der Waals surface area contributed by atoms with Crippen LogP contribution >= 0.6 is 11.8 Å². The Hall–Kier alpha value is -0.750. The van der Waals surface area contributed by atoms with Gasteiger partial charge in [0.1, 0.15) is 6.29 Å². The lowest BCUT2D eigenvalue weighted by atomic mass is 10.0. The zero-order valence-electron chi connectivity index (χ0n) is 11.4. The van der Waals surface area contributed by atoms with E-state index in [-0.39, 0.29) is 12.1 Å². The lowest BCUT2D eigenvalue weighted by Gasteiger charge is -2.17. The summed E-state index contributed by atoms with van der Waals surface area (Å²) in [6.07, 6.45) is 4.98. The largest absolute Gasteiger partial charge is 0.332 e. The Labute approximate surface area is 118 Å². The molecular weight excluding hydrogens is 262 g/mol. The van der Waals surface area contributed by atoms with Crippen molar-refractivity contribution in [3.63, 3.8) is 0 Å². The molecule has 5 nitrogen and oxygen atoms in total. The predicted octanol–water partition coefficient (Wildman–Crippen LogP) is 0.889. The smallest absolute Gasteiger partial charge is 0.315 e. The molecule has 2 saturated heterocycles. The number of carbonyl (C=O) groups is 2. The first-order valence-electron chi connectivity index (χ1n) is 7.06. The molecule has 0 aromatic carbocycles. The molecule has 2 fully saturated rings. The zero-order chi connectivity index (χ0) is 13.7. The van der Waals surface area contributed by atoms with Crippen LogP contribution in [0.1, 0.15) is 32.6 Å². The van der Waals surface area contributed by atoms with Gasteiger partial charge in [0.15, 0.2) is 0 Å². The van der Waals surface area contributed by atoms with Crippen molar-refractivity contribution in [1.82, 2.24) is 16.0 Å². The van der Waals surface area contributed by atoms with Crippen molar-refractivity contribution in [2.24, 2.45) is 0 Å². The molecule has 0 aliphatic carbocycles. The molecule has 0 radical (unpaired) electrons. The summed E-state index contributed by atoms with van der Waals surface area (Å²) in [5.74, 6) is 1.03. The van der Waals surface area contributed by atoms with E-state index in [1.165, 1.54) is 0 Å². The first-order valence-corrected chi connectivity index (χ1v) is 8.11. The van der Waals surface area contributed by atoms with E-state index in [0.29, 0.717) is 23.8 Å². The number of fused-ring (bicyclic) bond motifs is 1. The third-order valence-corrected chi connectivity index (χ3v) is 5.30. The van der Waals surface area contributed by atoms with E-state index in [2.05, 4.69) is 16.0 Å². The first kappa shape index (κ1) is 14.7. The Balaban J connectivity index is 1.56. The van der Waals surface area contributed by atoms with Gasteiger partial charge in [0.2, 0.25) is 0 Å². The molecule has 0 saturated carbocycles. The van der Waals surface area contributed by atoms with Crippen molar-refractivity contribution >= 4 is 24.1 Å². The van der Waals surface area contributed by atoms with Crippen LogP contribution in [0.2, 0.25) is 0 Å². The number of nitrogens with one attached hydrogen (secondary N) is 3. The number of aldehydes is 1. The van der Waals surface area contributed by atoms with Gasteiger partial charge in [0, 0.05) is 23.5 Å². The van der Waals surface area contributed by atoms with Crippen LogP contribution in [0.25, 0.3) is 0 Å². The average Bonchev–Trinajstić information content (AvgIpc) is 2.89. The van der Waals surface area contributed by atoms with Gasteiger partial charge in [-0.2, -0.15) is 11.8 Å². The van der Waals surface area contributed by atoms with Crippen molar-refractivity contribution in [3.05, 3.63) is 0 Å². The van der Waals surface area contributed by atoms with Gasteiger partial charge in [-0.05, 0) is 26.3 Å². The minimum atomic E-state index is -0.00958. The molecule has 0 aromatic heterocycles. The molecule has 0 spiro atoms. The van der Waals surface area contributed by atoms with Crippen molar-refractivity contribution in [1.29, 1.82) is 0 Å². The fourth-order valence-corrected chi connectivity index (χ4v) is 4.23. The summed E-state index contributed by atoms with van der Waals surface area (Å²) in [5, 5.41) is 9.87. The Morgan fingerprint density at radius 2 is 2.32 bits per heavy atom. The molecule has 0 aromatic rings. The van der Waals surface area contributed by atoms with Crippen molar-refractivity contribution in [2.75, 3.05) is 12.3 Å². The molecule has 3 N–H and O–H groups in total. The van der Waals surface area contributed by atoms with Gasteiger partial charge in [-0.1, -0.05) is 6.42 Å². The maximum Gasteiger partial charge on any atom is 0.315 e. The van der Waals surface area contributed by atoms with Crippen LogP contribution in [-0.2, 0) is 4.79 Å². The van der Waals surface area contributed by atoms with E-state index in [1.807, 2.05) is 18.7 Å². The molecule has 2 heterocycles. The highest BCUT2D eigenvalue weighted by Crippen LogP contribution is 2.32. The first-order chi connectivity index (χ1) is 9.20. The highest BCUT2D eigenvalue weighted by molar-refractivity contribution is 8.00. The molecular formula is C13H23N3O2S. The topological polar surface area (TPSA) is 70.2 Å². The second-order valence-corrected chi connectivity index (χ2v) is 6.65. The Kier molecular flexibility index (Phi) is 5.51. The predicted molar refractivity (Wildman–Crippen MR) is 77.5 cm³/mol. The molecule has 19 heavy (non-hydrogen) atoms. The van der Waals surface area contributed by atoms with E-state index in [9.17, 15) is 9.59 Å². The van der Waals surface area contributed by atoms with Crippen molar-refractivity contribution in [2.45, 2.75) is 56.0 Å². The molecule has 4 unspecified atom stereocenters. The molecule has 6 heteroatoms. The molecule has 2 rings (SSSR count). The Morgan fingerprint density at radius 3 is 3.11 bits per heavy atom. The Bertz CT molecular complexity index is 327. The van der Waals surface area contributed by atoms with E-state index in [1.54, 1.807) is 0 Å². The SMILES string of the molecule is CC(CC=O)NCCCCC1SCC2NC(=O)NC21. The molecule has 2 aliphatic heterocycles. The van der Waals surface area contributed by atoms with Crippen LogP contribution in [-0.4, -0.2) is 48.0 Å². The van der Waals surface area contributed by atoms with E-state index in [4.69, 9.17) is 0 Å². The van der Waals surface area contributed by atoms with Crippen molar-refractivity contribution in [3.8, 4) is 0 Å². The number of hydrogen-bond donors (Lipinski definition) is 3. The number of thioether (sulfide) groups is 1. The van der Waals surface area contributed by atoms with Gasteiger partial charge in [-0.3, -0.25) is 0 Å². The van der Waals surface area contributed by atoms with Crippen LogP contribution in [0.3, 0.4) is 0 Å². The number of carbonyl (C=O) groups excluding carboxylic acids is 2. The quantitative estimate of drug-likeness (QED) is 0.352. The fourth-order valence-electron chi connectivity index (χ4n) is 2.69. The van der Waals surface area contributed by atoms with E-state index in [0.717, 1.165) is 37.8 Å². The molecule has 4 atom stereocenters. The van der Waals surface area contributed by atoms with Gasteiger partial charge in [0.05, 0.1) is 12.1 Å². The number of unbranched alkanes of at least 4 members (excludes halogenated alkanes) is 1. The van der Waals surface area contributed by atoms with E-state index < -0.39 is 0 Å². The van der Waals surface area contributed by atoms with Crippen LogP contribution in [0.15, 0.2) is 0 Å². The van der Waals surface area contributed by atoms with Crippen LogP contribution in [0, 0.1) is 0 Å². The number of amides is 2. The summed E-state index contributed by atoms with van der Waals surface area (Å²) < 4.78 is 0. The van der Waals surface area contributed by atoms with E-state index >= 15 is 0 Å². The molecule has 0 bridgehead atoms. The average molecular weight is 285 g/mol. The molecule has 2 amide bonds. The second-order valence-electron chi connectivity index (χ2n) is 5.38. The minimum absolute atomic E-state index is 0.00958. The highest BCUT2D eigenvalue weighted by Gasteiger charge is 2.42. The summed E-state index contributed by atoms with van der Waals surface area (Å²) in [6, 6.07) is 0.915. The van der Waals surface area contributed by atoms with Gasteiger partial charge < -0.3 is 20.7 Å².